The third-order valence-corrected chi connectivity index (χ3v) is 4.04. The van der Waals surface area contributed by atoms with Gasteiger partial charge in [0.2, 0.25) is 0 Å². The molecule has 3 heteroatoms. The first-order valence-corrected chi connectivity index (χ1v) is 5.89. The Labute approximate surface area is 93.9 Å². The van der Waals surface area contributed by atoms with Crippen molar-refractivity contribution in [1.29, 1.82) is 0 Å². The molecule has 1 saturated heterocycles. The second kappa shape index (κ2) is 3.27. The van der Waals surface area contributed by atoms with Crippen LogP contribution >= 0.6 is 0 Å². The number of fused-ring (bicyclic) bond motifs is 1. The number of piperidine rings is 1. The van der Waals surface area contributed by atoms with Gasteiger partial charge in [0.1, 0.15) is 11.6 Å². The maximum absolute atomic E-state index is 13.7. The van der Waals surface area contributed by atoms with Crippen molar-refractivity contribution < 1.29 is 8.78 Å². The van der Waals surface area contributed by atoms with Crippen LogP contribution in [0.25, 0.3) is 0 Å². The van der Waals surface area contributed by atoms with E-state index in [1.807, 2.05) is 0 Å². The molecule has 3 unspecified atom stereocenters. The second-order valence-corrected chi connectivity index (χ2v) is 4.98. The molecule has 0 radical (unpaired) electrons. The van der Waals surface area contributed by atoms with Crippen LogP contribution in [-0.2, 0) is 5.54 Å². The van der Waals surface area contributed by atoms with Gasteiger partial charge in [0.15, 0.2) is 0 Å². The molecular weight excluding hydrogens is 208 g/mol. The van der Waals surface area contributed by atoms with E-state index in [2.05, 4.69) is 12.2 Å². The fraction of sp³-hybridized carbons (Fsp3) is 0.538. The normalized spacial score (nSPS) is 36.2. The van der Waals surface area contributed by atoms with E-state index in [4.69, 9.17) is 0 Å². The summed E-state index contributed by atoms with van der Waals surface area (Å²) in [5.74, 6) is -0.371. The minimum Gasteiger partial charge on any atom is -0.304 e. The predicted molar refractivity (Wildman–Crippen MR) is 58.0 cm³/mol. The number of hydrogen-bond acceptors (Lipinski definition) is 1. The van der Waals surface area contributed by atoms with Crippen LogP contribution in [0.15, 0.2) is 18.2 Å². The summed E-state index contributed by atoms with van der Waals surface area (Å²) in [5.41, 5.74) is 0.466. The molecule has 1 nitrogen and oxygen atoms in total. The number of nitrogens with one attached hydrogen (secondary N) is 1. The topological polar surface area (TPSA) is 12.0 Å². The van der Waals surface area contributed by atoms with E-state index < -0.39 is 11.6 Å². The average Bonchev–Trinajstić information content (AvgIpc) is 2.81. The predicted octanol–water partition coefficient (Wildman–Crippen LogP) is 2.95. The lowest BCUT2D eigenvalue weighted by Crippen LogP contribution is -2.33. The molecule has 1 N–H and O–H groups in total. The van der Waals surface area contributed by atoms with E-state index in [1.165, 1.54) is 6.07 Å². The molecule has 1 heterocycles. The summed E-state index contributed by atoms with van der Waals surface area (Å²) < 4.78 is 26.6. The third-order valence-electron chi connectivity index (χ3n) is 4.04. The van der Waals surface area contributed by atoms with Gasteiger partial charge in [0, 0.05) is 23.2 Å². The summed E-state index contributed by atoms with van der Waals surface area (Å²) >= 11 is 0. The number of hydrogen-bond donors (Lipinski definition) is 1. The first-order valence-electron chi connectivity index (χ1n) is 5.89. The van der Waals surface area contributed by atoms with Crippen LogP contribution in [0, 0.1) is 17.6 Å². The molecule has 1 aliphatic carbocycles. The molecule has 3 atom stereocenters. The van der Waals surface area contributed by atoms with Crippen molar-refractivity contribution in [2.45, 2.75) is 37.8 Å². The van der Waals surface area contributed by atoms with Crippen molar-refractivity contribution in [2.75, 3.05) is 0 Å². The van der Waals surface area contributed by atoms with E-state index in [-0.39, 0.29) is 5.54 Å². The van der Waals surface area contributed by atoms with Crippen molar-refractivity contribution >= 4 is 0 Å². The van der Waals surface area contributed by atoms with Gasteiger partial charge in [-0.3, -0.25) is 0 Å². The van der Waals surface area contributed by atoms with Crippen LogP contribution in [0.5, 0.6) is 0 Å². The summed E-state index contributed by atoms with van der Waals surface area (Å²) in [6.45, 7) is 2.14. The average molecular weight is 223 g/mol. The van der Waals surface area contributed by atoms with Gasteiger partial charge in [-0.15, -0.1) is 0 Å². The van der Waals surface area contributed by atoms with Gasteiger partial charge in [-0.2, -0.15) is 0 Å². The Balaban J connectivity index is 1.94. The lowest BCUT2D eigenvalue weighted by molar-refractivity contribution is 0.450. The van der Waals surface area contributed by atoms with E-state index in [9.17, 15) is 8.78 Å². The van der Waals surface area contributed by atoms with Crippen molar-refractivity contribution in [3.05, 3.63) is 35.4 Å². The molecule has 0 aromatic heterocycles. The molecule has 0 amide bonds. The van der Waals surface area contributed by atoms with Gasteiger partial charge in [-0.05, 0) is 31.2 Å². The van der Waals surface area contributed by atoms with Crippen LogP contribution in [0.1, 0.15) is 31.7 Å². The van der Waals surface area contributed by atoms with Gasteiger partial charge in [-0.1, -0.05) is 13.0 Å². The molecule has 2 aliphatic rings. The molecule has 0 bridgehead atoms. The van der Waals surface area contributed by atoms with E-state index in [1.54, 1.807) is 6.07 Å². The summed E-state index contributed by atoms with van der Waals surface area (Å²) in [4.78, 5) is 0. The minimum atomic E-state index is -0.500. The van der Waals surface area contributed by atoms with Crippen molar-refractivity contribution in [3.8, 4) is 0 Å². The van der Waals surface area contributed by atoms with Gasteiger partial charge in [0.25, 0.3) is 0 Å². The summed E-state index contributed by atoms with van der Waals surface area (Å²) in [6, 6.07) is 4.42. The first-order chi connectivity index (χ1) is 7.65. The SMILES string of the molecule is CCC1CC2CC2(c2ccc(F)cc2F)N1. The maximum Gasteiger partial charge on any atom is 0.131 e. The molecule has 86 valence electrons. The Kier molecular flexibility index (Phi) is 2.08. The fourth-order valence-electron chi connectivity index (χ4n) is 3.09. The Morgan fingerprint density at radius 3 is 2.88 bits per heavy atom. The quantitative estimate of drug-likeness (QED) is 0.812. The zero-order valence-corrected chi connectivity index (χ0v) is 9.26. The Hall–Kier alpha value is -0.960. The second-order valence-electron chi connectivity index (χ2n) is 4.98. The number of rotatable bonds is 2. The van der Waals surface area contributed by atoms with Gasteiger partial charge < -0.3 is 5.32 Å². The molecule has 1 aromatic carbocycles. The highest BCUT2D eigenvalue weighted by Crippen LogP contribution is 2.59. The van der Waals surface area contributed by atoms with E-state index >= 15 is 0 Å². The summed E-state index contributed by atoms with van der Waals surface area (Å²) in [7, 11) is 0. The lowest BCUT2D eigenvalue weighted by Gasteiger charge is -2.19. The Morgan fingerprint density at radius 1 is 1.44 bits per heavy atom. The van der Waals surface area contributed by atoms with Crippen molar-refractivity contribution in [2.24, 2.45) is 5.92 Å². The summed E-state index contributed by atoms with van der Waals surface area (Å²) in [5, 5.41) is 3.51. The Morgan fingerprint density at radius 2 is 2.25 bits per heavy atom. The highest BCUT2D eigenvalue weighted by atomic mass is 19.1. The smallest absolute Gasteiger partial charge is 0.131 e. The fourth-order valence-corrected chi connectivity index (χ4v) is 3.09. The van der Waals surface area contributed by atoms with Crippen LogP contribution < -0.4 is 5.32 Å². The summed E-state index contributed by atoms with van der Waals surface area (Å²) in [6.07, 6.45) is 3.18. The largest absolute Gasteiger partial charge is 0.304 e. The monoisotopic (exact) mass is 223 g/mol. The van der Waals surface area contributed by atoms with Crippen molar-refractivity contribution in [1.82, 2.24) is 5.32 Å². The van der Waals surface area contributed by atoms with Crippen LogP contribution in [-0.4, -0.2) is 6.04 Å². The minimum absolute atomic E-state index is 0.182. The molecule has 1 aromatic rings. The van der Waals surface area contributed by atoms with Crippen LogP contribution in [0.2, 0.25) is 0 Å². The third kappa shape index (κ3) is 1.31. The molecule has 16 heavy (non-hydrogen) atoms. The highest BCUT2D eigenvalue weighted by Gasteiger charge is 2.61. The van der Waals surface area contributed by atoms with Gasteiger partial charge in [0.05, 0.1) is 0 Å². The number of benzene rings is 1. The standard InChI is InChI=1S/C13H15F2N/c1-2-10-5-8-7-13(8,16-10)11-4-3-9(14)6-12(11)15/h3-4,6,8,10,16H,2,5,7H2,1H3. The van der Waals surface area contributed by atoms with Gasteiger partial charge >= 0.3 is 0 Å². The molecule has 3 rings (SSSR count). The zero-order valence-electron chi connectivity index (χ0n) is 9.26. The van der Waals surface area contributed by atoms with E-state index in [0.717, 1.165) is 25.3 Å². The zero-order chi connectivity index (χ0) is 11.3. The van der Waals surface area contributed by atoms with E-state index in [0.29, 0.717) is 17.5 Å². The van der Waals surface area contributed by atoms with Crippen LogP contribution in [0.3, 0.4) is 0 Å². The molecule has 2 fully saturated rings. The van der Waals surface area contributed by atoms with Crippen molar-refractivity contribution in [3.63, 3.8) is 0 Å². The first kappa shape index (κ1) is 10.2. The Bertz CT molecular complexity index is 432. The molecule has 1 aliphatic heterocycles. The molecular formula is C13H15F2N. The number of halogens is 2. The maximum atomic E-state index is 13.7. The lowest BCUT2D eigenvalue weighted by atomic mass is 10.0. The molecule has 1 saturated carbocycles. The van der Waals surface area contributed by atoms with Crippen LogP contribution in [0.4, 0.5) is 8.78 Å². The van der Waals surface area contributed by atoms with Gasteiger partial charge in [-0.25, -0.2) is 8.78 Å². The molecule has 0 spiro atoms. The highest BCUT2D eigenvalue weighted by molar-refractivity contribution is 5.36.